The molecular weight excluding hydrogens is 447 g/mol. The highest BCUT2D eigenvalue weighted by molar-refractivity contribution is 5.81. The van der Waals surface area contributed by atoms with Crippen LogP contribution in [0, 0.1) is 6.92 Å². The normalized spacial score (nSPS) is 11.0. The fraction of sp³-hybridized carbons (Fsp3) is 0.160. The summed E-state index contributed by atoms with van der Waals surface area (Å²) in [7, 11) is 0. The molecule has 0 aliphatic carbocycles. The highest BCUT2D eigenvalue weighted by Crippen LogP contribution is 2.25. The van der Waals surface area contributed by atoms with Gasteiger partial charge < -0.3 is 10.4 Å². The molecule has 0 spiro atoms. The third-order valence-corrected chi connectivity index (χ3v) is 4.97. The monoisotopic (exact) mass is 469 g/mol. The SMILES string of the molecule is CCc1cc2c(=O)cc(Nc3ccccc3)n(-c3ccccc3)c2nc1C.O=C(O)C(F)(F)F. The molecule has 0 aliphatic rings. The number of fused-ring (bicyclic) bond motifs is 1. The van der Waals surface area contributed by atoms with Crippen molar-refractivity contribution in [2.75, 3.05) is 5.32 Å². The number of anilines is 2. The average molecular weight is 469 g/mol. The number of carbonyl (C=O) groups is 1. The first-order valence-corrected chi connectivity index (χ1v) is 10.4. The Balaban J connectivity index is 0.000000406. The van der Waals surface area contributed by atoms with Gasteiger partial charge in [-0.3, -0.25) is 9.36 Å². The number of carboxylic acid groups (broad SMARTS) is 1. The number of hydrogen-bond donors (Lipinski definition) is 2. The van der Waals surface area contributed by atoms with Crippen LogP contribution >= 0.6 is 0 Å². The number of halogens is 3. The minimum Gasteiger partial charge on any atom is -0.475 e. The Morgan fingerprint density at radius 1 is 1.03 bits per heavy atom. The zero-order chi connectivity index (χ0) is 24.9. The number of pyridine rings is 2. The van der Waals surface area contributed by atoms with Gasteiger partial charge in [0.2, 0.25) is 0 Å². The minimum absolute atomic E-state index is 0.0298. The van der Waals surface area contributed by atoms with Crippen LogP contribution in [0.3, 0.4) is 0 Å². The van der Waals surface area contributed by atoms with Crippen LogP contribution in [0.2, 0.25) is 0 Å². The minimum atomic E-state index is -5.08. The topological polar surface area (TPSA) is 84.2 Å². The van der Waals surface area contributed by atoms with Crippen LogP contribution in [-0.4, -0.2) is 26.8 Å². The van der Waals surface area contributed by atoms with Crippen molar-refractivity contribution < 1.29 is 23.1 Å². The molecule has 0 atom stereocenters. The predicted molar refractivity (Wildman–Crippen MR) is 125 cm³/mol. The molecule has 4 rings (SSSR count). The van der Waals surface area contributed by atoms with Gasteiger partial charge in [-0.15, -0.1) is 0 Å². The lowest BCUT2D eigenvalue weighted by atomic mass is 10.1. The van der Waals surface area contributed by atoms with E-state index in [2.05, 4.69) is 12.2 Å². The molecular formula is C25H22F3N3O3. The summed E-state index contributed by atoms with van der Waals surface area (Å²) in [6, 6.07) is 23.5. The van der Waals surface area contributed by atoms with Gasteiger partial charge >= 0.3 is 12.1 Å². The molecule has 0 fully saturated rings. The number of para-hydroxylation sites is 2. The molecule has 0 aliphatic heterocycles. The lowest BCUT2D eigenvalue weighted by Crippen LogP contribution is -2.21. The smallest absolute Gasteiger partial charge is 0.475 e. The van der Waals surface area contributed by atoms with Crippen molar-refractivity contribution in [2.24, 2.45) is 0 Å². The maximum atomic E-state index is 12.9. The predicted octanol–water partition coefficient (Wildman–Crippen LogP) is 5.63. The Morgan fingerprint density at radius 3 is 2.12 bits per heavy atom. The summed E-state index contributed by atoms with van der Waals surface area (Å²) < 4.78 is 33.7. The molecule has 0 radical (unpaired) electrons. The van der Waals surface area contributed by atoms with E-state index >= 15 is 0 Å². The summed E-state index contributed by atoms with van der Waals surface area (Å²) in [5.41, 5.74) is 4.56. The fourth-order valence-corrected chi connectivity index (χ4v) is 3.32. The van der Waals surface area contributed by atoms with Gasteiger partial charge in [0.05, 0.1) is 5.39 Å². The quantitative estimate of drug-likeness (QED) is 0.405. The van der Waals surface area contributed by atoms with Crippen LogP contribution < -0.4 is 10.7 Å². The van der Waals surface area contributed by atoms with Crippen LogP contribution in [0.25, 0.3) is 16.7 Å². The van der Waals surface area contributed by atoms with Gasteiger partial charge in [-0.2, -0.15) is 13.2 Å². The summed E-state index contributed by atoms with van der Waals surface area (Å²) in [6.45, 7) is 4.08. The van der Waals surface area contributed by atoms with Gasteiger partial charge in [-0.25, -0.2) is 9.78 Å². The van der Waals surface area contributed by atoms with Gasteiger partial charge in [0, 0.05) is 23.1 Å². The molecule has 0 saturated carbocycles. The molecule has 2 heterocycles. The van der Waals surface area contributed by atoms with Crippen molar-refractivity contribution in [3.8, 4) is 5.69 Å². The van der Waals surface area contributed by atoms with E-state index < -0.39 is 12.1 Å². The Bertz CT molecular complexity index is 1350. The number of carboxylic acids is 1. The van der Waals surface area contributed by atoms with Crippen LogP contribution in [0.4, 0.5) is 24.7 Å². The zero-order valence-corrected chi connectivity index (χ0v) is 18.4. The maximum absolute atomic E-state index is 12.9. The standard InChI is InChI=1S/C23H21N3O.C2HF3O2/c1-3-17-14-20-21(27)15-22(25-18-10-6-4-7-11-18)26(23(20)24-16(17)2)19-12-8-5-9-13-19;3-2(4,5)1(6)7/h4-15,25H,3H2,1-2H3;(H,6,7). The van der Waals surface area contributed by atoms with Crippen LogP contribution in [0.15, 0.2) is 77.6 Å². The maximum Gasteiger partial charge on any atom is 0.490 e. The number of aliphatic carboxylic acids is 1. The number of aromatic nitrogens is 2. The van der Waals surface area contributed by atoms with Gasteiger partial charge in [0.25, 0.3) is 0 Å². The second-order valence-electron chi connectivity index (χ2n) is 7.32. The Kier molecular flexibility index (Phi) is 7.35. The first-order chi connectivity index (χ1) is 16.1. The Morgan fingerprint density at radius 2 is 1.59 bits per heavy atom. The number of nitrogens with one attached hydrogen (secondary N) is 1. The molecule has 0 amide bonds. The highest BCUT2D eigenvalue weighted by atomic mass is 19.4. The third-order valence-electron chi connectivity index (χ3n) is 4.97. The summed E-state index contributed by atoms with van der Waals surface area (Å²) >= 11 is 0. The van der Waals surface area contributed by atoms with Crippen molar-refractivity contribution in [1.29, 1.82) is 0 Å². The summed E-state index contributed by atoms with van der Waals surface area (Å²) in [4.78, 5) is 26.6. The van der Waals surface area contributed by atoms with E-state index in [1.165, 1.54) is 0 Å². The average Bonchev–Trinajstić information content (AvgIpc) is 2.80. The van der Waals surface area contributed by atoms with Crippen molar-refractivity contribution >= 4 is 28.5 Å². The van der Waals surface area contributed by atoms with E-state index in [0.29, 0.717) is 16.9 Å². The molecule has 34 heavy (non-hydrogen) atoms. The molecule has 2 aromatic carbocycles. The Hall–Kier alpha value is -4.14. The lowest BCUT2D eigenvalue weighted by Gasteiger charge is -2.18. The first-order valence-electron chi connectivity index (χ1n) is 10.4. The molecule has 6 nitrogen and oxygen atoms in total. The van der Waals surface area contributed by atoms with Crippen LogP contribution in [0.5, 0.6) is 0 Å². The summed E-state index contributed by atoms with van der Waals surface area (Å²) in [5.74, 6) is -2.06. The number of hydrogen-bond acceptors (Lipinski definition) is 4. The number of alkyl halides is 3. The van der Waals surface area contributed by atoms with Gasteiger partial charge in [0.1, 0.15) is 11.5 Å². The second-order valence-corrected chi connectivity index (χ2v) is 7.32. The van der Waals surface area contributed by atoms with E-state index in [4.69, 9.17) is 14.9 Å². The molecule has 0 unspecified atom stereocenters. The van der Waals surface area contributed by atoms with Gasteiger partial charge in [-0.05, 0) is 49.2 Å². The van der Waals surface area contributed by atoms with E-state index in [1.807, 2.05) is 78.2 Å². The van der Waals surface area contributed by atoms with Gasteiger partial charge in [0.15, 0.2) is 5.43 Å². The summed E-state index contributed by atoms with van der Waals surface area (Å²) in [6.07, 6.45) is -4.23. The van der Waals surface area contributed by atoms with E-state index in [9.17, 15) is 18.0 Å². The fourth-order valence-electron chi connectivity index (χ4n) is 3.32. The second kappa shape index (κ2) is 10.2. The summed E-state index contributed by atoms with van der Waals surface area (Å²) in [5, 5.41) is 11.1. The molecule has 0 bridgehead atoms. The van der Waals surface area contributed by atoms with E-state index in [-0.39, 0.29) is 5.43 Å². The lowest BCUT2D eigenvalue weighted by molar-refractivity contribution is -0.192. The number of nitrogens with zero attached hydrogens (tertiary/aromatic N) is 2. The number of benzene rings is 2. The number of rotatable bonds is 4. The first kappa shape index (κ1) is 24.5. The van der Waals surface area contributed by atoms with Crippen LogP contribution in [-0.2, 0) is 11.2 Å². The largest absolute Gasteiger partial charge is 0.490 e. The zero-order valence-electron chi connectivity index (χ0n) is 18.4. The van der Waals surface area contributed by atoms with Gasteiger partial charge in [-0.1, -0.05) is 43.3 Å². The molecule has 0 saturated heterocycles. The Labute approximate surface area is 193 Å². The van der Waals surface area contributed by atoms with Crippen molar-refractivity contribution in [3.63, 3.8) is 0 Å². The van der Waals surface area contributed by atoms with Crippen molar-refractivity contribution in [2.45, 2.75) is 26.4 Å². The van der Waals surface area contributed by atoms with E-state index in [1.54, 1.807) is 6.07 Å². The molecule has 4 aromatic rings. The molecule has 2 N–H and O–H groups in total. The molecule has 9 heteroatoms. The highest BCUT2D eigenvalue weighted by Gasteiger charge is 2.38. The van der Waals surface area contributed by atoms with Crippen molar-refractivity contribution in [3.05, 3.63) is 94.3 Å². The third kappa shape index (κ3) is 5.61. The van der Waals surface area contributed by atoms with Crippen LogP contribution in [0.1, 0.15) is 18.2 Å². The van der Waals surface area contributed by atoms with Crippen molar-refractivity contribution in [1.82, 2.24) is 9.55 Å². The molecule has 2 aromatic heterocycles. The molecule has 176 valence electrons. The number of aryl methyl sites for hydroxylation is 2. The van der Waals surface area contributed by atoms with E-state index in [0.717, 1.165) is 29.1 Å².